The second-order valence-electron chi connectivity index (χ2n) is 8.00. The summed E-state index contributed by atoms with van der Waals surface area (Å²) in [6.07, 6.45) is -3.93. The Morgan fingerprint density at radius 3 is 2.25 bits per heavy atom. The highest BCUT2D eigenvalue weighted by atomic mass is 19.4. The molecule has 0 aromatic heterocycles. The minimum Gasteiger partial charge on any atom is -0.482 e. The van der Waals surface area contributed by atoms with Crippen LogP contribution >= 0.6 is 0 Å². The zero-order valence-corrected chi connectivity index (χ0v) is 17.4. The van der Waals surface area contributed by atoms with Crippen molar-refractivity contribution in [3.05, 3.63) is 59.7 Å². The zero-order valence-electron chi connectivity index (χ0n) is 17.4. The van der Waals surface area contributed by atoms with Crippen molar-refractivity contribution >= 4 is 11.8 Å². The Balaban J connectivity index is 1.43. The number of para-hydroxylation sites is 2. The molecule has 1 heterocycles. The normalized spacial score (nSPS) is 19.9. The van der Waals surface area contributed by atoms with Crippen LogP contribution in [0.2, 0.25) is 0 Å². The number of hydrogen-bond acceptors (Lipinski definition) is 4. The number of hydrogen-bond donors (Lipinski definition) is 1. The Morgan fingerprint density at radius 1 is 1.03 bits per heavy atom. The molecule has 1 N–H and O–H groups in total. The molecule has 2 aromatic rings. The fourth-order valence-electron chi connectivity index (χ4n) is 3.57. The quantitative estimate of drug-likeness (QED) is 0.732. The SMILES string of the molecule is CC1Oc2ccccc2OC1C(=O)N(Cc1ccc(C(=O)NCC(F)(F)F)cc1)C1CC1. The third kappa shape index (κ3) is 5.15. The Labute approximate surface area is 183 Å². The van der Waals surface area contributed by atoms with Crippen molar-refractivity contribution in [1.82, 2.24) is 10.2 Å². The number of alkyl halides is 3. The standard InChI is InChI=1S/C23H23F3N2O4/c1-14-20(32-19-5-3-2-4-18(19)31-14)22(30)28(17-10-11-17)12-15-6-8-16(9-7-15)21(29)27-13-23(24,25)26/h2-9,14,17,20H,10-13H2,1H3,(H,27,29). The van der Waals surface area contributed by atoms with E-state index in [9.17, 15) is 22.8 Å². The summed E-state index contributed by atoms with van der Waals surface area (Å²) in [6.45, 7) is 0.711. The van der Waals surface area contributed by atoms with Crippen LogP contribution in [0.3, 0.4) is 0 Å². The third-order valence-corrected chi connectivity index (χ3v) is 5.37. The molecule has 0 radical (unpaired) electrons. The molecule has 0 spiro atoms. The molecule has 0 bridgehead atoms. The molecular weight excluding hydrogens is 425 g/mol. The summed E-state index contributed by atoms with van der Waals surface area (Å²) in [5, 5.41) is 1.84. The molecule has 2 atom stereocenters. The van der Waals surface area contributed by atoms with E-state index in [4.69, 9.17) is 9.47 Å². The lowest BCUT2D eigenvalue weighted by molar-refractivity contribution is -0.145. The molecule has 32 heavy (non-hydrogen) atoms. The van der Waals surface area contributed by atoms with Crippen molar-refractivity contribution in [2.75, 3.05) is 6.54 Å². The number of ether oxygens (including phenoxy) is 2. The summed E-state index contributed by atoms with van der Waals surface area (Å²) >= 11 is 0. The van der Waals surface area contributed by atoms with Gasteiger partial charge in [0.1, 0.15) is 12.6 Å². The van der Waals surface area contributed by atoms with Gasteiger partial charge in [-0.2, -0.15) is 13.2 Å². The molecule has 1 aliphatic carbocycles. The van der Waals surface area contributed by atoms with Crippen LogP contribution in [-0.4, -0.2) is 47.7 Å². The fourth-order valence-corrected chi connectivity index (χ4v) is 3.57. The second kappa shape index (κ2) is 8.72. The molecule has 4 rings (SSSR count). The number of nitrogens with zero attached hydrogens (tertiary/aromatic N) is 1. The molecular formula is C23H23F3N2O4. The van der Waals surface area contributed by atoms with Gasteiger partial charge in [0, 0.05) is 18.2 Å². The lowest BCUT2D eigenvalue weighted by Crippen LogP contribution is -2.51. The number of carbonyl (C=O) groups excluding carboxylic acids is 2. The van der Waals surface area contributed by atoms with Crippen LogP contribution in [0.4, 0.5) is 13.2 Å². The van der Waals surface area contributed by atoms with Gasteiger partial charge in [0.2, 0.25) is 6.10 Å². The summed E-state index contributed by atoms with van der Waals surface area (Å²) < 4.78 is 48.7. The first-order valence-electron chi connectivity index (χ1n) is 10.4. The predicted octanol–water partition coefficient (Wildman–Crippen LogP) is 3.70. The largest absolute Gasteiger partial charge is 0.482 e. The number of benzene rings is 2. The van der Waals surface area contributed by atoms with Gasteiger partial charge in [0.15, 0.2) is 11.5 Å². The molecule has 1 aliphatic heterocycles. The molecule has 2 unspecified atom stereocenters. The first-order valence-corrected chi connectivity index (χ1v) is 10.4. The monoisotopic (exact) mass is 448 g/mol. The number of rotatable bonds is 6. The molecule has 170 valence electrons. The number of nitrogens with one attached hydrogen (secondary N) is 1. The summed E-state index contributed by atoms with van der Waals surface area (Å²) in [6, 6.07) is 13.5. The van der Waals surface area contributed by atoms with Gasteiger partial charge >= 0.3 is 6.18 Å². The first kappa shape index (κ1) is 22.0. The van der Waals surface area contributed by atoms with Gasteiger partial charge in [-0.1, -0.05) is 24.3 Å². The average Bonchev–Trinajstić information content (AvgIpc) is 3.60. The van der Waals surface area contributed by atoms with Crippen molar-refractivity contribution < 1.29 is 32.2 Å². The maximum absolute atomic E-state index is 13.3. The number of halogens is 3. The van der Waals surface area contributed by atoms with E-state index < -0.39 is 30.8 Å². The number of carbonyl (C=O) groups is 2. The fraction of sp³-hybridized carbons (Fsp3) is 0.391. The summed E-state index contributed by atoms with van der Waals surface area (Å²) in [5.74, 6) is 0.140. The highest BCUT2D eigenvalue weighted by Crippen LogP contribution is 2.36. The minimum atomic E-state index is -4.47. The average molecular weight is 448 g/mol. The number of amides is 2. The van der Waals surface area contributed by atoms with E-state index in [1.165, 1.54) is 12.1 Å². The minimum absolute atomic E-state index is 0.102. The van der Waals surface area contributed by atoms with E-state index in [1.54, 1.807) is 36.1 Å². The van der Waals surface area contributed by atoms with Crippen LogP contribution in [-0.2, 0) is 11.3 Å². The number of fused-ring (bicyclic) bond motifs is 1. The van der Waals surface area contributed by atoms with E-state index in [-0.39, 0.29) is 17.5 Å². The molecule has 1 fully saturated rings. The Hall–Kier alpha value is -3.23. The molecule has 0 saturated heterocycles. The summed E-state index contributed by atoms with van der Waals surface area (Å²) in [5.41, 5.74) is 0.888. The van der Waals surface area contributed by atoms with Gasteiger partial charge in [-0.3, -0.25) is 9.59 Å². The van der Waals surface area contributed by atoms with E-state index in [1.807, 2.05) is 17.4 Å². The van der Waals surface area contributed by atoms with Crippen molar-refractivity contribution in [3.8, 4) is 11.5 Å². The lowest BCUT2D eigenvalue weighted by Gasteiger charge is -2.34. The van der Waals surface area contributed by atoms with Crippen molar-refractivity contribution in [2.24, 2.45) is 0 Å². The summed E-state index contributed by atoms with van der Waals surface area (Å²) in [7, 11) is 0. The van der Waals surface area contributed by atoms with Crippen molar-refractivity contribution in [3.63, 3.8) is 0 Å². The first-order chi connectivity index (χ1) is 15.2. The van der Waals surface area contributed by atoms with Crippen LogP contribution in [0.1, 0.15) is 35.7 Å². The maximum Gasteiger partial charge on any atom is 0.405 e. The van der Waals surface area contributed by atoms with Crippen LogP contribution in [0.15, 0.2) is 48.5 Å². The predicted molar refractivity (Wildman–Crippen MR) is 109 cm³/mol. The Bertz CT molecular complexity index is 989. The molecule has 1 saturated carbocycles. The maximum atomic E-state index is 13.3. The molecule has 9 heteroatoms. The van der Waals surface area contributed by atoms with Gasteiger partial charge in [-0.25, -0.2) is 0 Å². The van der Waals surface area contributed by atoms with E-state index in [0.29, 0.717) is 18.0 Å². The highest BCUT2D eigenvalue weighted by Gasteiger charge is 2.41. The molecule has 2 aliphatic rings. The van der Waals surface area contributed by atoms with E-state index >= 15 is 0 Å². The molecule has 2 aromatic carbocycles. The summed E-state index contributed by atoms with van der Waals surface area (Å²) in [4.78, 5) is 26.9. The smallest absolute Gasteiger partial charge is 0.405 e. The van der Waals surface area contributed by atoms with E-state index in [2.05, 4.69) is 0 Å². The van der Waals surface area contributed by atoms with Gasteiger partial charge in [-0.15, -0.1) is 0 Å². The third-order valence-electron chi connectivity index (χ3n) is 5.37. The van der Waals surface area contributed by atoms with Crippen molar-refractivity contribution in [2.45, 2.75) is 50.7 Å². The van der Waals surface area contributed by atoms with Gasteiger partial charge < -0.3 is 19.7 Å². The van der Waals surface area contributed by atoms with Crippen LogP contribution in [0.25, 0.3) is 0 Å². The molecule has 2 amide bonds. The van der Waals surface area contributed by atoms with Gasteiger partial charge in [0.25, 0.3) is 11.8 Å². The van der Waals surface area contributed by atoms with Crippen LogP contribution in [0, 0.1) is 0 Å². The highest BCUT2D eigenvalue weighted by molar-refractivity contribution is 5.94. The topological polar surface area (TPSA) is 67.9 Å². The van der Waals surface area contributed by atoms with Crippen LogP contribution in [0.5, 0.6) is 11.5 Å². The second-order valence-corrected chi connectivity index (χ2v) is 8.00. The van der Waals surface area contributed by atoms with Crippen molar-refractivity contribution in [1.29, 1.82) is 0 Å². The Kier molecular flexibility index (Phi) is 5.99. The van der Waals surface area contributed by atoms with E-state index in [0.717, 1.165) is 18.4 Å². The molecule has 6 nitrogen and oxygen atoms in total. The lowest BCUT2D eigenvalue weighted by atomic mass is 10.1. The van der Waals surface area contributed by atoms with Crippen LogP contribution < -0.4 is 14.8 Å². The van der Waals surface area contributed by atoms with Gasteiger partial charge in [0.05, 0.1) is 0 Å². The Morgan fingerprint density at radius 2 is 1.66 bits per heavy atom. The zero-order chi connectivity index (χ0) is 22.9. The van der Waals surface area contributed by atoms with Gasteiger partial charge in [-0.05, 0) is 49.6 Å².